The molecule has 2 rings (SSSR count). The van der Waals surface area contributed by atoms with Crippen molar-refractivity contribution in [2.24, 2.45) is 0 Å². The summed E-state index contributed by atoms with van der Waals surface area (Å²) in [4.78, 5) is 11.4. The van der Waals surface area contributed by atoms with Crippen LogP contribution in [0, 0.1) is 0 Å². The fourth-order valence-electron chi connectivity index (χ4n) is 2.64. The number of anilines is 1. The van der Waals surface area contributed by atoms with Gasteiger partial charge in [-0.05, 0) is 42.5 Å². The van der Waals surface area contributed by atoms with Gasteiger partial charge in [0, 0.05) is 17.2 Å². The van der Waals surface area contributed by atoms with E-state index >= 15 is 0 Å². The summed E-state index contributed by atoms with van der Waals surface area (Å²) < 4.78 is 1.07. The van der Waals surface area contributed by atoms with E-state index in [0.29, 0.717) is 0 Å². The number of carbonyl (C=O) groups excluding carboxylic acids is 1. The van der Waals surface area contributed by atoms with E-state index in [4.69, 9.17) is 0 Å². The minimum atomic E-state index is -0.244. The van der Waals surface area contributed by atoms with Crippen LogP contribution in [0.2, 0.25) is 0 Å². The highest BCUT2D eigenvalue weighted by Gasteiger charge is 2.40. The van der Waals surface area contributed by atoms with E-state index in [2.05, 4.69) is 40.3 Å². The molecule has 1 aliphatic carbocycles. The van der Waals surface area contributed by atoms with Crippen molar-refractivity contribution >= 4 is 27.9 Å². The number of rotatable bonds is 4. The molecule has 92 valence electrons. The van der Waals surface area contributed by atoms with Crippen LogP contribution in [0.4, 0.5) is 5.69 Å². The van der Waals surface area contributed by atoms with Gasteiger partial charge in [-0.3, -0.25) is 0 Å². The molecule has 0 heterocycles. The van der Waals surface area contributed by atoms with Crippen molar-refractivity contribution in [1.82, 2.24) is 0 Å². The Balaban J connectivity index is 2.58. The Kier molecular flexibility index (Phi) is 3.57. The third-order valence-corrected chi connectivity index (χ3v) is 4.28. The van der Waals surface area contributed by atoms with E-state index in [-0.39, 0.29) is 5.41 Å². The molecule has 0 aliphatic heterocycles. The average molecular weight is 296 g/mol. The maximum absolute atomic E-state index is 11.4. The van der Waals surface area contributed by atoms with Crippen molar-refractivity contribution in [3.8, 4) is 0 Å². The molecule has 2 nitrogen and oxygen atoms in total. The highest BCUT2D eigenvalue weighted by atomic mass is 79.9. The first-order chi connectivity index (χ1) is 8.16. The lowest BCUT2D eigenvalue weighted by molar-refractivity contribution is -0.115. The largest absolute Gasteiger partial charge is 0.388 e. The minimum absolute atomic E-state index is 0.244. The molecule has 1 N–H and O–H groups in total. The van der Waals surface area contributed by atoms with Gasteiger partial charge in [0.25, 0.3) is 0 Å². The molecule has 3 heteroatoms. The minimum Gasteiger partial charge on any atom is -0.388 e. The van der Waals surface area contributed by atoms with Crippen LogP contribution in [0.3, 0.4) is 0 Å². The molecule has 0 bridgehead atoms. The fourth-order valence-corrected chi connectivity index (χ4v) is 3.14. The van der Waals surface area contributed by atoms with Crippen molar-refractivity contribution in [2.45, 2.75) is 38.0 Å². The van der Waals surface area contributed by atoms with Crippen molar-refractivity contribution in [1.29, 1.82) is 0 Å². The van der Waals surface area contributed by atoms with Gasteiger partial charge in [-0.2, -0.15) is 0 Å². The molecule has 0 aromatic heterocycles. The second-order valence-electron chi connectivity index (χ2n) is 4.72. The Morgan fingerprint density at radius 2 is 2.18 bits per heavy atom. The SMILES string of the molecule is CCc1cc(Br)cc(C2(C=O)CCC2)c1NC. The molecular weight excluding hydrogens is 278 g/mol. The molecule has 0 atom stereocenters. The Hall–Kier alpha value is -0.830. The molecule has 0 amide bonds. The highest BCUT2D eigenvalue weighted by molar-refractivity contribution is 9.10. The predicted molar refractivity (Wildman–Crippen MR) is 74.7 cm³/mol. The number of aldehydes is 1. The van der Waals surface area contributed by atoms with Crippen molar-refractivity contribution in [3.05, 3.63) is 27.7 Å². The molecule has 1 saturated carbocycles. The van der Waals surface area contributed by atoms with Crippen LogP contribution in [0.5, 0.6) is 0 Å². The summed E-state index contributed by atoms with van der Waals surface area (Å²) in [7, 11) is 1.93. The van der Waals surface area contributed by atoms with Gasteiger partial charge in [0.05, 0.1) is 5.41 Å². The molecule has 1 fully saturated rings. The molecule has 17 heavy (non-hydrogen) atoms. The summed E-state index contributed by atoms with van der Waals surface area (Å²) >= 11 is 3.55. The number of hydrogen-bond acceptors (Lipinski definition) is 2. The zero-order valence-corrected chi connectivity index (χ0v) is 11.9. The first-order valence-corrected chi connectivity index (χ1v) is 6.93. The van der Waals surface area contributed by atoms with Gasteiger partial charge in [0.2, 0.25) is 0 Å². The molecule has 0 spiro atoms. The standard InChI is InChI=1S/C14H18BrNO/c1-3-10-7-11(15)8-12(13(10)16-2)14(9-17)5-4-6-14/h7-9,16H,3-6H2,1-2H3. The number of carbonyl (C=O) groups is 1. The van der Waals surface area contributed by atoms with Gasteiger partial charge < -0.3 is 10.1 Å². The van der Waals surface area contributed by atoms with Gasteiger partial charge in [-0.15, -0.1) is 0 Å². The lowest BCUT2D eigenvalue weighted by atomic mass is 9.64. The van der Waals surface area contributed by atoms with E-state index in [1.165, 1.54) is 5.56 Å². The van der Waals surface area contributed by atoms with Gasteiger partial charge >= 0.3 is 0 Å². The van der Waals surface area contributed by atoms with E-state index in [0.717, 1.165) is 47.7 Å². The van der Waals surface area contributed by atoms with Crippen molar-refractivity contribution in [3.63, 3.8) is 0 Å². The van der Waals surface area contributed by atoms with E-state index in [1.54, 1.807) is 0 Å². The third-order valence-electron chi connectivity index (χ3n) is 3.82. The summed E-state index contributed by atoms with van der Waals surface area (Å²) in [6, 6.07) is 4.23. The first-order valence-electron chi connectivity index (χ1n) is 6.14. The second-order valence-corrected chi connectivity index (χ2v) is 5.63. The smallest absolute Gasteiger partial charge is 0.130 e. The quantitative estimate of drug-likeness (QED) is 0.859. The van der Waals surface area contributed by atoms with Crippen LogP contribution in [0.25, 0.3) is 0 Å². The zero-order chi connectivity index (χ0) is 12.5. The van der Waals surface area contributed by atoms with Gasteiger partial charge in [0.15, 0.2) is 0 Å². The third kappa shape index (κ3) is 2.01. The first kappa shape index (κ1) is 12.6. The molecule has 0 radical (unpaired) electrons. The maximum Gasteiger partial charge on any atom is 0.130 e. The van der Waals surface area contributed by atoms with Gasteiger partial charge in [-0.25, -0.2) is 0 Å². The fraction of sp³-hybridized carbons (Fsp3) is 0.500. The molecule has 1 aliphatic rings. The van der Waals surface area contributed by atoms with Crippen LogP contribution in [-0.4, -0.2) is 13.3 Å². The Labute approximate surface area is 111 Å². The Morgan fingerprint density at radius 3 is 2.59 bits per heavy atom. The lowest BCUT2D eigenvalue weighted by Gasteiger charge is -2.39. The van der Waals surface area contributed by atoms with Crippen LogP contribution in [0.15, 0.2) is 16.6 Å². The molecule has 1 aromatic carbocycles. The number of nitrogens with one attached hydrogen (secondary N) is 1. The van der Waals surface area contributed by atoms with Crippen LogP contribution in [0.1, 0.15) is 37.3 Å². The number of benzene rings is 1. The lowest BCUT2D eigenvalue weighted by Crippen LogP contribution is -2.36. The number of aryl methyl sites for hydroxylation is 1. The Morgan fingerprint density at radius 1 is 1.47 bits per heavy atom. The normalized spacial score (nSPS) is 17.4. The predicted octanol–water partition coefficient (Wildman–Crippen LogP) is 3.67. The van der Waals surface area contributed by atoms with E-state index < -0.39 is 0 Å². The zero-order valence-electron chi connectivity index (χ0n) is 10.3. The molecular formula is C14H18BrNO. The number of hydrogen-bond donors (Lipinski definition) is 1. The monoisotopic (exact) mass is 295 g/mol. The maximum atomic E-state index is 11.4. The molecule has 0 unspecified atom stereocenters. The highest BCUT2D eigenvalue weighted by Crippen LogP contribution is 2.46. The summed E-state index contributed by atoms with van der Waals surface area (Å²) in [5.41, 5.74) is 3.33. The Bertz CT molecular complexity index is 438. The van der Waals surface area contributed by atoms with Crippen molar-refractivity contribution < 1.29 is 4.79 Å². The van der Waals surface area contributed by atoms with E-state index in [1.807, 2.05) is 7.05 Å². The summed E-state index contributed by atoms with van der Waals surface area (Å²) in [6.45, 7) is 2.14. The van der Waals surface area contributed by atoms with Gasteiger partial charge in [-0.1, -0.05) is 29.3 Å². The molecule has 1 aromatic rings. The topological polar surface area (TPSA) is 29.1 Å². The average Bonchev–Trinajstić information content (AvgIpc) is 2.27. The molecule has 0 saturated heterocycles. The second kappa shape index (κ2) is 4.81. The van der Waals surface area contributed by atoms with Crippen LogP contribution >= 0.6 is 15.9 Å². The summed E-state index contributed by atoms with van der Waals surface area (Å²) in [5.74, 6) is 0. The van der Waals surface area contributed by atoms with Crippen LogP contribution in [-0.2, 0) is 16.6 Å². The van der Waals surface area contributed by atoms with Gasteiger partial charge in [0.1, 0.15) is 6.29 Å². The number of halogens is 1. The summed E-state index contributed by atoms with van der Waals surface area (Å²) in [5, 5.41) is 3.27. The van der Waals surface area contributed by atoms with E-state index in [9.17, 15) is 4.79 Å². The van der Waals surface area contributed by atoms with Crippen LogP contribution < -0.4 is 5.32 Å². The summed E-state index contributed by atoms with van der Waals surface area (Å²) in [6.07, 6.45) is 5.21. The van der Waals surface area contributed by atoms with Crippen molar-refractivity contribution in [2.75, 3.05) is 12.4 Å².